The number of hydrogen-bond donors (Lipinski definition) is 1. The number of carbonyl (C=O) groups is 2. The van der Waals surface area contributed by atoms with Crippen LogP contribution in [0.3, 0.4) is 0 Å². The largest absolute Gasteiger partial charge is 0.383 e. The number of amides is 2. The number of hydrogen-bond acceptors (Lipinski definition) is 3. The van der Waals surface area contributed by atoms with Gasteiger partial charge in [0.15, 0.2) is 0 Å². The summed E-state index contributed by atoms with van der Waals surface area (Å²) in [6.07, 6.45) is 6.55. The fourth-order valence-corrected chi connectivity index (χ4v) is 3.75. The molecule has 2 unspecified atom stereocenters. The molecule has 1 aliphatic heterocycles. The molecule has 1 saturated heterocycles. The van der Waals surface area contributed by atoms with E-state index in [1.807, 2.05) is 6.92 Å². The highest BCUT2D eigenvalue weighted by Crippen LogP contribution is 2.34. The lowest BCUT2D eigenvalue weighted by Gasteiger charge is -2.49. The molecule has 0 aromatic carbocycles. The Morgan fingerprint density at radius 2 is 2.00 bits per heavy atom. The van der Waals surface area contributed by atoms with Gasteiger partial charge in [-0.05, 0) is 26.2 Å². The van der Waals surface area contributed by atoms with Crippen LogP contribution in [-0.4, -0.2) is 48.1 Å². The molecule has 1 saturated carbocycles. The van der Waals surface area contributed by atoms with Gasteiger partial charge < -0.3 is 15.0 Å². The van der Waals surface area contributed by atoms with Crippen molar-refractivity contribution in [3.8, 4) is 0 Å². The van der Waals surface area contributed by atoms with Crippen LogP contribution in [0.15, 0.2) is 0 Å². The first-order valence-electron chi connectivity index (χ1n) is 8.19. The number of carbonyl (C=O) groups excluding carboxylic acids is 2. The summed E-state index contributed by atoms with van der Waals surface area (Å²) in [4.78, 5) is 27.3. The van der Waals surface area contributed by atoms with Gasteiger partial charge in [-0.1, -0.05) is 32.6 Å². The van der Waals surface area contributed by atoms with E-state index in [4.69, 9.17) is 4.74 Å². The van der Waals surface area contributed by atoms with E-state index in [1.54, 1.807) is 12.0 Å². The number of methoxy groups -OCH3 is 1. The molecule has 5 nitrogen and oxygen atoms in total. The van der Waals surface area contributed by atoms with Crippen LogP contribution in [0.2, 0.25) is 0 Å². The highest BCUT2D eigenvalue weighted by Gasteiger charge is 2.51. The molecule has 1 heterocycles. The molecule has 2 aliphatic rings. The Bertz CT molecular complexity index is 385. The molecule has 0 aromatic rings. The molecule has 2 amide bonds. The van der Waals surface area contributed by atoms with Crippen molar-refractivity contribution in [1.82, 2.24) is 10.2 Å². The van der Waals surface area contributed by atoms with E-state index in [0.717, 1.165) is 44.9 Å². The molecule has 2 atom stereocenters. The topological polar surface area (TPSA) is 58.6 Å². The molecule has 0 aromatic heterocycles. The Morgan fingerprint density at radius 3 is 2.57 bits per heavy atom. The fraction of sp³-hybridized carbons (Fsp3) is 0.875. The summed E-state index contributed by atoms with van der Waals surface area (Å²) in [6, 6.07) is -0.413. The second-order valence-electron chi connectivity index (χ2n) is 6.42. The summed E-state index contributed by atoms with van der Waals surface area (Å²) in [5, 5.41) is 3.03. The van der Waals surface area contributed by atoms with Gasteiger partial charge in [-0.25, -0.2) is 0 Å². The standard InChI is InChI=1S/C16H28N2O3/c1-4-8-13(11-21-3)18-12(2)14(19)17-16(15(18)20)9-6-5-7-10-16/h12-13H,4-11H2,1-3H3,(H,17,19). The maximum atomic E-state index is 13.1. The minimum atomic E-state index is -0.651. The van der Waals surface area contributed by atoms with Crippen molar-refractivity contribution >= 4 is 11.8 Å². The summed E-state index contributed by atoms with van der Waals surface area (Å²) in [7, 11) is 1.65. The number of piperazine rings is 1. The highest BCUT2D eigenvalue weighted by molar-refractivity contribution is 5.99. The maximum absolute atomic E-state index is 13.1. The number of rotatable bonds is 5. The van der Waals surface area contributed by atoms with E-state index >= 15 is 0 Å². The van der Waals surface area contributed by atoms with Gasteiger partial charge in [-0.2, -0.15) is 0 Å². The van der Waals surface area contributed by atoms with Crippen LogP contribution in [0.4, 0.5) is 0 Å². The number of nitrogens with zero attached hydrogens (tertiary/aromatic N) is 1. The van der Waals surface area contributed by atoms with Crippen molar-refractivity contribution in [1.29, 1.82) is 0 Å². The summed E-state index contributed by atoms with van der Waals surface area (Å²) in [5.74, 6) is 0.0820. The summed E-state index contributed by atoms with van der Waals surface area (Å²) in [5.41, 5.74) is -0.651. The van der Waals surface area contributed by atoms with E-state index in [0.29, 0.717) is 6.61 Å². The average Bonchev–Trinajstić information content (AvgIpc) is 2.47. The van der Waals surface area contributed by atoms with Crippen LogP contribution >= 0.6 is 0 Å². The van der Waals surface area contributed by atoms with Gasteiger partial charge in [0.2, 0.25) is 11.8 Å². The SMILES string of the molecule is CCCC(COC)N1C(=O)C2(CCCCC2)NC(=O)C1C. The van der Waals surface area contributed by atoms with Gasteiger partial charge in [0.25, 0.3) is 0 Å². The first-order valence-corrected chi connectivity index (χ1v) is 8.19. The van der Waals surface area contributed by atoms with Crippen molar-refractivity contribution in [3.05, 3.63) is 0 Å². The molecule has 21 heavy (non-hydrogen) atoms. The predicted molar refractivity (Wildman–Crippen MR) is 80.8 cm³/mol. The Kier molecular flexibility index (Phi) is 5.25. The molecule has 0 bridgehead atoms. The predicted octanol–water partition coefficient (Wildman–Crippen LogP) is 1.85. The van der Waals surface area contributed by atoms with Crippen LogP contribution in [0.25, 0.3) is 0 Å². The molecule has 1 N–H and O–H groups in total. The van der Waals surface area contributed by atoms with E-state index in [-0.39, 0.29) is 17.9 Å². The first kappa shape index (κ1) is 16.3. The van der Waals surface area contributed by atoms with Crippen LogP contribution in [0, 0.1) is 0 Å². The third-order valence-corrected chi connectivity index (χ3v) is 4.88. The van der Waals surface area contributed by atoms with E-state index < -0.39 is 11.6 Å². The Labute approximate surface area is 127 Å². The van der Waals surface area contributed by atoms with Gasteiger partial charge in [-0.15, -0.1) is 0 Å². The van der Waals surface area contributed by atoms with Gasteiger partial charge in [-0.3, -0.25) is 9.59 Å². The average molecular weight is 296 g/mol. The van der Waals surface area contributed by atoms with Crippen molar-refractivity contribution < 1.29 is 14.3 Å². The zero-order chi connectivity index (χ0) is 15.5. The van der Waals surface area contributed by atoms with E-state index in [2.05, 4.69) is 12.2 Å². The summed E-state index contributed by atoms with van der Waals surface area (Å²) < 4.78 is 5.29. The van der Waals surface area contributed by atoms with E-state index in [1.165, 1.54) is 0 Å². The number of ether oxygens (including phenoxy) is 1. The van der Waals surface area contributed by atoms with Gasteiger partial charge >= 0.3 is 0 Å². The van der Waals surface area contributed by atoms with Crippen molar-refractivity contribution in [2.24, 2.45) is 0 Å². The molecule has 1 aliphatic carbocycles. The quantitative estimate of drug-likeness (QED) is 0.842. The minimum absolute atomic E-state index is 0.00708. The zero-order valence-electron chi connectivity index (χ0n) is 13.5. The fourth-order valence-electron chi connectivity index (χ4n) is 3.75. The summed E-state index contributed by atoms with van der Waals surface area (Å²) >= 11 is 0. The lowest BCUT2D eigenvalue weighted by Crippen LogP contribution is -2.72. The lowest BCUT2D eigenvalue weighted by molar-refractivity contribution is -0.160. The zero-order valence-corrected chi connectivity index (χ0v) is 13.5. The minimum Gasteiger partial charge on any atom is -0.383 e. The van der Waals surface area contributed by atoms with Crippen molar-refractivity contribution in [3.63, 3.8) is 0 Å². The van der Waals surface area contributed by atoms with Gasteiger partial charge in [0.05, 0.1) is 12.6 Å². The highest BCUT2D eigenvalue weighted by atomic mass is 16.5. The molecular formula is C16H28N2O3. The Morgan fingerprint density at radius 1 is 1.33 bits per heavy atom. The van der Waals surface area contributed by atoms with E-state index in [9.17, 15) is 9.59 Å². The molecular weight excluding hydrogens is 268 g/mol. The smallest absolute Gasteiger partial charge is 0.249 e. The maximum Gasteiger partial charge on any atom is 0.249 e. The molecule has 5 heteroatoms. The second kappa shape index (κ2) is 6.77. The Balaban J connectivity index is 2.27. The van der Waals surface area contributed by atoms with Crippen LogP contribution in [-0.2, 0) is 14.3 Å². The number of nitrogens with one attached hydrogen (secondary N) is 1. The third kappa shape index (κ3) is 3.07. The van der Waals surface area contributed by atoms with Crippen LogP contribution in [0.5, 0.6) is 0 Å². The lowest BCUT2D eigenvalue weighted by atomic mass is 9.78. The van der Waals surface area contributed by atoms with Crippen LogP contribution < -0.4 is 5.32 Å². The van der Waals surface area contributed by atoms with Crippen molar-refractivity contribution in [2.45, 2.75) is 76.4 Å². The normalized spacial score (nSPS) is 26.8. The Hall–Kier alpha value is -1.10. The van der Waals surface area contributed by atoms with Crippen molar-refractivity contribution in [2.75, 3.05) is 13.7 Å². The molecule has 120 valence electrons. The third-order valence-electron chi connectivity index (χ3n) is 4.88. The second-order valence-corrected chi connectivity index (χ2v) is 6.42. The van der Waals surface area contributed by atoms with Crippen LogP contribution in [0.1, 0.15) is 58.8 Å². The molecule has 0 radical (unpaired) electrons. The molecule has 2 fully saturated rings. The molecule has 2 rings (SSSR count). The van der Waals surface area contributed by atoms with Gasteiger partial charge in [0.1, 0.15) is 11.6 Å². The molecule has 1 spiro atoms. The summed E-state index contributed by atoms with van der Waals surface area (Å²) in [6.45, 7) is 4.41. The first-order chi connectivity index (χ1) is 10.1. The monoisotopic (exact) mass is 296 g/mol. The van der Waals surface area contributed by atoms with Gasteiger partial charge in [0, 0.05) is 7.11 Å².